The van der Waals surface area contributed by atoms with E-state index in [-0.39, 0.29) is 11.9 Å². The number of carbonyl (C=O) groups is 1. The summed E-state index contributed by atoms with van der Waals surface area (Å²) in [4.78, 5) is 13.1. The lowest BCUT2D eigenvalue weighted by Gasteiger charge is -2.12. The number of aryl methyl sites for hydroxylation is 2. The number of carbonyl (C=O) groups excluding carboxylic acids is 1. The second-order valence-electron chi connectivity index (χ2n) is 4.86. The van der Waals surface area contributed by atoms with E-state index >= 15 is 0 Å². The molecule has 1 aromatic heterocycles. The fourth-order valence-electron chi connectivity index (χ4n) is 1.90. The van der Waals surface area contributed by atoms with Gasteiger partial charge in [-0.15, -0.1) is 11.8 Å². The number of hydrogen-bond donors (Lipinski definition) is 1. The topological polar surface area (TPSA) is 42.2 Å². The maximum Gasteiger partial charge on any atom is 0.230 e. The van der Waals surface area contributed by atoms with Crippen molar-refractivity contribution in [2.45, 2.75) is 31.7 Å². The van der Waals surface area contributed by atoms with Crippen LogP contribution in [-0.2, 0) is 4.79 Å². The van der Waals surface area contributed by atoms with E-state index in [2.05, 4.69) is 37.4 Å². The second kappa shape index (κ2) is 6.66. The fraction of sp³-hybridized carbons (Fsp3) is 0.312. The number of nitrogens with one attached hydrogen (secondary N) is 1. The monoisotopic (exact) mass is 289 g/mol. The lowest BCUT2D eigenvalue weighted by atomic mass is 10.2. The zero-order valence-electron chi connectivity index (χ0n) is 12.0. The molecule has 2 rings (SSSR count). The zero-order chi connectivity index (χ0) is 14.5. The van der Waals surface area contributed by atoms with Crippen molar-refractivity contribution in [2.24, 2.45) is 0 Å². The minimum atomic E-state index is -0.100. The van der Waals surface area contributed by atoms with Gasteiger partial charge >= 0.3 is 0 Å². The third kappa shape index (κ3) is 3.90. The molecule has 0 saturated carbocycles. The molecule has 0 unspecified atom stereocenters. The van der Waals surface area contributed by atoms with Gasteiger partial charge in [-0.25, -0.2) is 0 Å². The molecule has 0 aliphatic carbocycles. The minimum absolute atomic E-state index is 0.0137. The number of rotatable bonds is 5. The molecule has 1 aromatic carbocycles. The van der Waals surface area contributed by atoms with Crippen LogP contribution in [0.3, 0.4) is 0 Å². The third-order valence-electron chi connectivity index (χ3n) is 3.05. The predicted octanol–water partition coefficient (Wildman–Crippen LogP) is 3.87. The first-order valence-electron chi connectivity index (χ1n) is 6.59. The molecule has 0 spiro atoms. The quantitative estimate of drug-likeness (QED) is 0.850. The lowest BCUT2D eigenvalue weighted by molar-refractivity contribution is -0.119. The molecular weight excluding hydrogens is 270 g/mol. The van der Waals surface area contributed by atoms with Gasteiger partial charge in [0.25, 0.3) is 0 Å². The van der Waals surface area contributed by atoms with Crippen LogP contribution in [0.2, 0.25) is 0 Å². The van der Waals surface area contributed by atoms with Crippen LogP contribution < -0.4 is 5.32 Å². The number of furan rings is 1. The molecular formula is C16H19NO2S. The Hall–Kier alpha value is -1.68. The molecule has 0 bridgehead atoms. The Morgan fingerprint density at radius 2 is 2.15 bits per heavy atom. The van der Waals surface area contributed by atoms with Crippen molar-refractivity contribution in [3.05, 3.63) is 53.5 Å². The van der Waals surface area contributed by atoms with Gasteiger partial charge in [-0.1, -0.05) is 17.7 Å². The summed E-state index contributed by atoms with van der Waals surface area (Å²) in [5.41, 5.74) is 2.41. The molecule has 106 valence electrons. The molecule has 4 heteroatoms. The Bertz CT molecular complexity index is 578. The highest BCUT2D eigenvalue weighted by atomic mass is 32.2. The van der Waals surface area contributed by atoms with Gasteiger partial charge in [0.1, 0.15) is 5.76 Å². The van der Waals surface area contributed by atoms with E-state index in [4.69, 9.17) is 4.42 Å². The van der Waals surface area contributed by atoms with E-state index in [0.717, 1.165) is 10.7 Å². The van der Waals surface area contributed by atoms with Crippen LogP contribution in [-0.4, -0.2) is 11.7 Å². The summed E-state index contributed by atoms with van der Waals surface area (Å²) in [6.07, 6.45) is 1.61. The average Bonchev–Trinajstić information content (AvgIpc) is 2.94. The van der Waals surface area contributed by atoms with E-state index in [1.165, 1.54) is 11.1 Å². The molecule has 2 aromatic rings. The predicted molar refractivity (Wildman–Crippen MR) is 81.9 cm³/mol. The van der Waals surface area contributed by atoms with Gasteiger partial charge in [0.05, 0.1) is 18.1 Å². The van der Waals surface area contributed by atoms with Gasteiger partial charge in [0.15, 0.2) is 0 Å². The molecule has 3 nitrogen and oxygen atoms in total. The molecule has 1 N–H and O–H groups in total. The molecule has 1 atom stereocenters. The standard InChI is InChI=1S/C16H19NO2S/c1-11-6-7-12(2)15(9-11)20-10-16(18)17-13(3)14-5-4-8-19-14/h4-9,13H,10H2,1-3H3,(H,17,18)/t13-/m1/s1. The summed E-state index contributed by atoms with van der Waals surface area (Å²) < 4.78 is 5.27. The number of benzene rings is 1. The Labute approximate surface area is 123 Å². The first-order valence-corrected chi connectivity index (χ1v) is 7.57. The van der Waals surface area contributed by atoms with Crippen LogP contribution in [0.4, 0.5) is 0 Å². The molecule has 1 amide bonds. The average molecular weight is 289 g/mol. The highest BCUT2D eigenvalue weighted by Gasteiger charge is 2.12. The van der Waals surface area contributed by atoms with Crippen molar-refractivity contribution in [1.29, 1.82) is 0 Å². The van der Waals surface area contributed by atoms with E-state index in [1.54, 1.807) is 18.0 Å². The Kier molecular flexibility index (Phi) is 4.90. The number of hydrogen-bond acceptors (Lipinski definition) is 3. The number of thioether (sulfide) groups is 1. The van der Waals surface area contributed by atoms with Crippen molar-refractivity contribution in [3.63, 3.8) is 0 Å². The number of amides is 1. The summed E-state index contributed by atoms with van der Waals surface area (Å²) in [6.45, 7) is 6.03. The van der Waals surface area contributed by atoms with E-state index < -0.39 is 0 Å². The van der Waals surface area contributed by atoms with Gasteiger partial charge in [-0.05, 0) is 44.5 Å². The smallest absolute Gasteiger partial charge is 0.230 e. The summed E-state index contributed by atoms with van der Waals surface area (Å²) >= 11 is 1.57. The third-order valence-corrected chi connectivity index (χ3v) is 4.21. The zero-order valence-corrected chi connectivity index (χ0v) is 12.8. The van der Waals surface area contributed by atoms with Crippen LogP contribution in [0, 0.1) is 13.8 Å². The molecule has 0 radical (unpaired) electrons. The van der Waals surface area contributed by atoms with Gasteiger partial charge < -0.3 is 9.73 Å². The first-order chi connectivity index (χ1) is 9.56. The SMILES string of the molecule is Cc1ccc(C)c(SCC(=O)N[C@H](C)c2ccco2)c1. The van der Waals surface area contributed by atoms with Gasteiger partial charge in [-0.3, -0.25) is 4.79 Å². The van der Waals surface area contributed by atoms with Crippen molar-refractivity contribution in [3.8, 4) is 0 Å². The van der Waals surface area contributed by atoms with Gasteiger partial charge in [-0.2, -0.15) is 0 Å². The molecule has 20 heavy (non-hydrogen) atoms. The van der Waals surface area contributed by atoms with E-state index in [0.29, 0.717) is 5.75 Å². The van der Waals surface area contributed by atoms with Crippen LogP contribution >= 0.6 is 11.8 Å². The Morgan fingerprint density at radius 1 is 1.35 bits per heavy atom. The Balaban J connectivity index is 1.87. The van der Waals surface area contributed by atoms with Crippen LogP contribution in [0.1, 0.15) is 29.9 Å². The largest absolute Gasteiger partial charge is 0.467 e. The van der Waals surface area contributed by atoms with Crippen LogP contribution in [0.5, 0.6) is 0 Å². The summed E-state index contributed by atoms with van der Waals surface area (Å²) in [5.74, 6) is 1.20. The van der Waals surface area contributed by atoms with Crippen LogP contribution in [0.15, 0.2) is 45.9 Å². The van der Waals surface area contributed by atoms with Crippen molar-refractivity contribution in [1.82, 2.24) is 5.32 Å². The highest BCUT2D eigenvalue weighted by Crippen LogP contribution is 2.23. The van der Waals surface area contributed by atoms with Crippen LogP contribution in [0.25, 0.3) is 0 Å². The van der Waals surface area contributed by atoms with Gasteiger partial charge in [0.2, 0.25) is 5.91 Å². The lowest BCUT2D eigenvalue weighted by Crippen LogP contribution is -2.27. The first kappa shape index (κ1) is 14.7. The van der Waals surface area contributed by atoms with E-state index in [9.17, 15) is 4.79 Å². The maximum absolute atomic E-state index is 11.9. The summed E-state index contributed by atoms with van der Waals surface area (Å²) in [7, 11) is 0. The molecule has 0 aliphatic heterocycles. The van der Waals surface area contributed by atoms with Crippen molar-refractivity contribution < 1.29 is 9.21 Å². The maximum atomic E-state index is 11.9. The highest BCUT2D eigenvalue weighted by molar-refractivity contribution is 8.00. The molecule has 0 saturated heterocycles. The fourth-order valence-corrected chi connectivity index (χ4v) is 2.83. The van der Waals surface area contributed by atoms with Crippen molar-refractivity contribution >= 4 is 17.7 Å². The Morgan fingerprint density at radius 3 is 2.85 bits per heavy atom. The molecule has 1 heterocycles. The summed E-state index contributed by atoms with van der Waals surface area (Å²) in [6, 6.07) is 9.87. The normalized spacial score (nSPS) is 12.2. The van der Waals surface area contributed by atoms with Gasteiger partial charge in [0, 0.05) is 4.90 Å². The minimum Gasteiger partial charge on any atom is -0.467 e. The second-order valence-corrected chi connectivity index (χ2v) is 5.88. The molecule has 0 aliphatic rings. The van der Waals surface area contributed by atoms with Crippen molar-refractivity contribution in [2.75, 3.05) is 5.75 Å². The summed E-state index contributed by atoms with van der Waals surface area (Å²) in [5, 5.41) is 2.93. The van der Waals surface area contributed by atoms with E-state index in [1.807, 2.05) is 19.1 Å². The molecule has 0 fully saturated rings.